The van der Waals surface area contributed by atoms with Crippen LogP contribution in [0.4, 0.5) is 8.78 Å². The fourth-order valence-electron chi connectivity index (χ4n) is 4.41. The Morgan fingerprint density at radius 2 is 1.17 bits per heavy atom. The van der Waals surface area contributed by atoms with Gasteiger partial charge in [-0.2, -0.15) is 0 Å². The quantitative estimate of drug-likeness (QED) is 0.104. The van der Waals surface area contributed by atoms with E-state index in [1.807, 2.05) is 12.1 Å². The summed E-state index contributed by atoms with van der Waals surface area (Å²) in [6.45, 7) is -1.91. The highest BCUT2D eigenvalue weighted by Crippen LogP contribution is 2.53. The summed E-state index contributed by atoms with van der Waals surface area (Å²) >= 11 is 0. The first kappa shape index (κ1) is 33.0. The molecule has 46 heavy (non-hydrogen) atoms. The van der Waals surface area contributed by atoms with Crippen LogP contribution in [0.2, 0.25) is 0 Å². The van der Waals surface area contributed by atoms with Crippen molar-refractivity contribution in [1.82, 2.24) is 0 Å². The number of ether oxygens (including phenoxy) is 3. The van der Waals surface area contributed by atoms with E-state index in [1.54, 1.807) is 60.7 Å². The molecule has 0 amide bonds. The Bertz CT molecular complexity index is 1640. The molecule has 12 heteroatoms. The first-order valence-electron chi connectivity index (χ1n) is 14.3. The van der Waals surface area contributed by atoms with Gasteiger partial charge in [0.15, 0.2) is 11.9 Å². The molecule has 240 valence electrons. The molecule has 0 fully saturated rings. The number of carbonyl (C=O) groups excluding carboxylic acids is 1. The van der Waals surface area contributed by atoms with E-state index in [0.29, 0.717) is 11.1 Å². The van der Waals surface area contributed by atoms with Crippen molar-refractivity contribution in [2.75, 3.05) is 6.61 Å². The van der Waals surface area contributed by atoms with Crippen LogP contribution < -0.4 is 0 Å². The number of cyclic esters (lactones) is 1. The Morgan fingerprint density at radius 3 is 1.67 bits per heavy atom. The zero-order chi connectivity index (χ0) is 32.4. The number of hydrogen-bond acceptors (Lipinski definition) is 9. The second-order valence-corrected chi connectivity index (χ2v) is 11.7. The van der Waals surface area contributed by atoms with Gasteiger partial charge in [0.25, 0.3) is 0 Å². The maximum Gasteiger partial charge on any atom is 0.475 e. The number of benzene rings is 4. The minimum atomic E-state index is -4.48. The van der Waals surface area contributed by atoms with Gasteiger partial charge >= 0.3 is 13.8 Å². The molecular weight excluding hydrogens is 621 g/mol. The zero-order valence-electron chi connectivity index (χ0n) is 24.5. The van der Waals surface area contributed by atoms with Gasteiger partial charge in [-0.25, -0.2) is 18.1 Å². The van der Waals surface area contributed by atoms with Gasteiger partial charge in [-0.05, 0) is 23.3 Å². The van der Waals surface area contributed by atoms with Crippen molar-refractivity contribution >= 4 is 13.8 Å². The normalized spacial score (nSPS) is 15.5. The van der Waals surface area contributed by atoms with Crippen LogP contribution in [0.5, 0.6) is 0 Å². The maximum atomic E-state index is 14.4. The van der Waals surface area contributed by atoms with Gasteiger partial charge in [0.1, 0.15) is 31.0 Å². The Kier molecular flexibility index (Phi) is 11.3. The number of hydrogen-bond donors (Lipinski definition) is 1. The number of aliphatic hydroxyl groups is 1. The van der Waals surface area contributed by atoms with E-state index < -0.39 is 50.0 Å². The van der Waals surface area contributed by atoms with Gasteiger partial charge in [-0.1, -0.05) is 97.1 Å². The second-order valence-electron chi connectivity index (χ2n) is 10.1. The van der Waals surface area contributed by atoms with E-state index in [9.17, 15) is 23.2 Å². The van der Waals surface area contributed by atoms with Gasteiger partial charge in [0.2, 0.25) is 5.76 Å². The predicted molar refractivity (Wildman–Crippen MR) is 161 cm³/mol. The van der Waals surface area contributed by atoms with Crippen LogP contribution in [0.15, 0.2) is 121 Å². The molecule has 2 atom stereocenters. The molecule has 0 aromatic heterocycles. The fourth-order valence-corrected chi connectivity index (χ4v) is 5.73. The third-order valence-electron chi connectivity index (χ3n) is 6.82. The summed E-state index contributed by atoms with van der Waals surface area (Å²) in [7, 11) is -4.48. The third-order valence-corrected chi connectivity index (χ3v) is 8.24. The topological polar surface area (TPSA) is 110 Å². The van der Waals surface area contributed by atoms with E-state index in [2.05, 4.69) is 0 Å². The molecule has 1 heterocycles. The largest absolute Gasteiger partial charge is 0.485 e. The van der Waals surface area contributed by atoms with E-state index in [0.717, 1.165) is 0 Å². The molecule has 1 N–H and O–H groups in total. The summed E-state index contributed by atoms with van der Waals surface area (Å²) in [4.78, 5) is 13.1. The predicted octanol–water partition coefficient (Wildman–Crippen LogP) is 6.75. The molecule has 5 rings (SSSR count). The van der Waals surface area contributed by atoms with Crippen molar-refractivity contribution in [3.05, 3.63) is 155 Å². The smallest absolute Gasteiger partial charge is 0.475 e. The van der Waals surface area contributed by atoms with Crippen LogP contribution in [-0.4, -0.2) is 29.9 Å². The molecule has 0 saturated carbocycles. The molecule has 4 aromatic carbocycles. The van der Waals surface area contributed by atoms with Crippen LogP contribution in [0.1, 0.15) is 22.3 Å². The van der Waals surface area contributed by atoms with Gasteiger partial charge in [0.05, 0.1) is 19.8 Å². The van der Waals surface area contributed by atoms with Crippen molar-refractivity contribution in [1.29, 1.82) is 0 Å². The second kappa shape index (κ2) is 15.8. The molecule has 0 spiro atoms. The first-order chi connectivity index (χ1) is 22.3. The summed E-state index contributed by atoms with van der Waals surface area (Å²) in [6.07, 6.45) is -3.07. The van der Waals surface area contributed by atoms with Gasteiger partial charge in [-0.3, -0.25) is 13.6 Å². The van der Waals surface area contributed by atoms with Crippen LogP contribution in [0.25, 0.3) is 0 Å². The van der Waals surface area contributed by atoms with Crippen molar-refractivity contribution in [2.24, 2.45) is 0 Å². The first-order valence-corrected chi connectivity index (χ1v) is 15.7. The monoisotopic (exact) mass is 652 g/mol. The van der Waals surface area contributed by atoms with Gasteiger partial charge in [-0.15, -0.1) is 0 Å². The molecule has 9 nitrogen and oxygen atoms in total. The van der Waals surface area contributed by atoms with Crippen LogP contribution in [-0.2, 0) is 63.6 Å². The van der Waals surface area contributed by atoms with E-state index in [1.165, 1.54) is 36.4 Å². The highest BCUT2D eigenvalue weighted by molar-refractivity contribution is 7.48. The molecule has 0 bridgehead atoms. The summed E-state index contributed by atoms with van der Waals surface area (Å²) in [5, 5.41) is 10.4. The lowest BCUT2D eigenvalue weighted by molar-refractivity contribution is -0.148. The van der Waals surface area contributed by atoms with Crippen molar-refractivity contribution < 1.29 is 51.0 Å². The lowest BCUT2D eigenvalue weighted by Crippen LogP contribution is -2.35. The standard InChI is InChI=1S/C34H31F2O9P/c35-28-17-9-7-15-26(28)22-40-32-31(44-34(38)33(32)41-23-27-16-8-10-18-29(27)36)30(19-37)45-46(39,42-20-24-11-3-1-4-12-24)43-21-25-13-5-2-6-14-25/h1-18,30-31,37H,19-23H2. The Hall–Kier alpha value is -4.38. The lowest BCUT2D eigenvalue weighted by atomic mass is 10.1. The molecule has 2 unspecified atom stereocenters. The Labute approximate surface area is 264 Å². The van der Waals surface area contributed by atoms with E-state index in [-0.39, 0.29) is 43.3 Å². The number of phosphoric ester groups is 1. The van der Waals surface area contributed by atoms with Gasteiger partial charge < -0.3 is 19.3 Å². The highest BCUT2D eigenvalue weighted by atomic mass is 31.2. The number of carbonyl (C=O) groups is 1. The van der Waals surface area contributed by atoms with Gasteiger partial charge in [0, 0.05) is 11.1 Å². The number of phosphoric acid groups is 1. The van der Waals surface area contributed by atoms with E-state index in [4.69, 9.17) is 27.8 Å². The number of esters is 1. The lowest BCUT2D eigenvalue weighted by Gasteiger charge is -2.27. The van der Waals surface area contributed by atoms with Crippen molar-refractivity contribution in [3.8, 4) is 0 Å². The average molecular weight is 653 g/mol. The Balaban J connectivity index is 1.42. The molecule has 1 aliphatic heterocycles. The maximum absolute atomic E-state index is 14.4. The molecule has 1 aliphatic rings. The highest BCUT2D eigenvalue weighted by Gasteiger charge is 2.46. The summed E-state index contributed by atoms with van der Waals surface area (Å²) in [5.41, 5.74) is 1.62. The van der Waals surface area contributed by atoms with Crippen LogP contribution in [0, 0.1) is 11.6 Å². The summed E-state index contributed by atoms with van der Waals surface area (Å²) in [6, 6.07) is 29.3. The van der Waals surface area contributed by atoms with E-state index >= 15 is 0 Å². The van der Waals surface area contributed by atoms with Crippen molar-refractivity contribution in [3.63, 3.8) is 0 Å². The molecule has 0 saturated heterocycles. The molecular formula is C34H31F2O9P. The number of aliphatic hydroxyl groups excluding tert-OH is 1. The third kappa shape index (κ3) is 8.66. The minimum Gasteiger partial charge on any atom is -0.485 e. The number of rotatable bonds is 16. The SMILES string of the molecule is O=C1OC(C(CO)OP(=O)(OCc2ccccc2)OCc2ccccc2)C(OCc2ccccc2F)=C1OCc1ccccc1F. The van der Waals surface area contributed by atoms with Crippen LogP contribution in [0.3, 0.4) is 0 Å². The zero-order valence-corrected chi connectivity index (χ0v) is 25.4. The molecule has 4 aromatic rings. The molecule has 0 aliphatic carbocycles. The van der Waals surface area contributed by atoms with Crippen molar-refractivity contribution in [2.45, 2.75) is 38.6 Å². The number of halogens is 2. The average Bonchev–Trinajstić information content (AvgIpc) is 3.40. The molecule has 0 radical (unpaired) electrons. The fraction of sp³-hybridized carbons (Fsp3) is 0.206. The summed E-state index contributed by atoms with van der Waals surface area (Å²) in [5.74, 6) is -2.87. The minimum absolute atomic E-state index is 0.141. The van der Waals surface area contributed by atoms with Crippen LogP contribution >= 0.6 is 7.82 Å². The summed E-state index contributed by atoms with van der Waals surface area (Å²) < 4.78 is 76.9. The Morgan fingerprint density at radius 1 is 0.696 bits per heavy atom.